The zero-order valence-electron chi connectivity index (χ0n) is 8.66. The molecule has 2 aliphatic rings. The Hall–Kier alpha value is -0.770. The van der Waals surface area contributed by atoms with Crippen molar-refractivity contribution in [2.24, 2.45) is 5.92 Å². The van der Waals surface area contributed by atoms with E-state index in [9.17, 15) is 4.79 Å². The van der Waals surface area contributed by atoms with Gasteiger partial charge < -0.3 is 15.0 Å². The van der Waals surface area contributed by atoms with Crippen LogP contribution in [0.3, 0.4) is 0 Å². The minimum atomic E-state index is -0.250. The van der Waals surface area contributed by atoms with E-state index in [-0.39, 0.29) is 12.1 Å². The van der Waals surface area contributed by atoms with Crippen LogP contribution >= 0.6 is 0 Å². The zero-order chi connectivity index (χ0) is 9.97. The molecular formula is C10H18N2O2. The first-order chi connectivity index (χ1) is 6.78. The highest BCUT2D eigenvalue weighted by atomic mass is 16.6. The summed E-state index contributed by atoms with van der Waals surface area (Å²) in [6.45, 7) is 6.29. The molecule has 2 rings (SSSR count). The van der Waals surface area contributed by atoms with Gasteiger partial charge >= 0.3 is 6.09 Å². The lowest BCUT2D eigenvalue weighted by Crippen LogP contribution is -2.29. The van der Waals surface area contributed by atoms with E-state index in [1.807, 2.05) is 0 Å². The second-order valence-electron chi connectivity index (χ2n) is 4.22. The molecule has 0 aromatic rings. The molecule has 1 amide bonds. The number of amides is 1. The molecule has 2 heterocycles. The van der Waals surface area contributed by atoms with Crippen molar-refractivity contribution in [1.82, 2.24) is 10.2 Å². The van der Waals surface area contributed by atoms with Crippen LogP contribution in [0.1, 0.15) is 19.8 Å². The molecule has 0 aliphatic carbocycles. The second-order valence-corrected chi connectivity index (χ2v) is 4.22. The van der Waals surface area contributed by atoms with Crippen molar-refractivity contribution in [3.63, 3.8) is 0 Å². The first-order valence-electron chi connectivity index (χ1n) is 5.43. The number of rotatable bonds is 3. The molecule has 2 fully saturated rings. The molecule has 0 aromatic heterocycles. The summed E-state index contributed by atoms with van der Waals surface area (Å²) in [5.41, 5.74) is 0. The van der Waals surface area contributed by atoms with E-state index in [4.69, 9.17) is 4.74 Å². The predicted octanol–water partition coefficient (Wildman–Crippen LogP) is 0.827. The van der Waals surface area contributed by atoms with Gasteiger partial charge in [-0.3, -0.25) is 0 Å². The molecule has 0 radical (unpaired) electrons. The minimum Gasteiger partial charge on any atom is -0.447 e. The van der Waals surface area contributed by atoms with Gasteiger partial charge in [0.15, 0.2) is 0 Å². The van der Waals surface area contributed by atoms with Crippen molar-refractivity contribution >= 4 is 6.09 Å². The highest BCUT2D eigenvalue weighted by Crippen LogP contribution is 2.21. The Morgan fingerprint density at radius 3 is 3.07 bits per heavy atom. The summed E-state index contributed by atoms with van der Waals surface area (Å²) in [6.07, 6.45) is 2.09. The molecule has 80 valence electrons. The molecule has 0 saturated carbocycles. The number of cyclic esters (lactones) is 1. The van der Waals surface area contributed by atoms with E-state index in [1.54, 1.807) is 0 Å². The van der Waals surface area contributed by atoms with Crippen molar-refractivity contribution in [1.29, 1.82) is 0 Å². The number of carbonyl (C=O) groups excluding carboxylic acids is 1. The summed E-state index contributed by atoms with van der Waals surface area (Å²) in [4.78, 5) is 13.3. The molecule has 0 aromatic carbocycles. The summed E-state index contributed by atoms with van der Waals surface area (Å²) in [6, 6.07) is 0.254. The Morgan fingerprint density at radius 1 is 1.64 bits per heavy atom. The number of nitrogens with one attached hydrogen (secondary N) is 1. The van der Waals surface area contributed by atoms with Gasteiger partial charge in [0.2, 0.25) is 0 Å². The standard InChI is InChI=1S/C10H18N2O2/c1-2-12-4-3-8(6-12)5-9-7-14-10(13)11-9/h8-9H,2-7H2,1H3,(H,11,13). The van der Waals surface area contributed by atoms with E-state index in [2.05, 4.69) is 17.1 Å². The van der Waals surface area contributed by atoms with E-state index >= 15 is 0 Å². The lowest BCUT2D eigenvalue weighted by molar-refractivity contribution is 0.176. The Morgan fingerprint density at radius 2 is 2.50 bits per heavy atom. The smallest absolute Gasteiger partial charge is 0.407 e. The van der Waals surface area contributed by atoms with Crippen LogP contribution in [0.2, 0.25) is 0 Å². The van der Waals surface area contributed by atoms with Crippen molar-refractivity contribution in [2.45, 2.75) is 25.8 Å². The van der Waals surface area contributed by atoms with Crippen LogP contribution in [0.15, 0.2) is 0 Å². The molecule has 2 saturated heterocycles. The van der Waals surface area contributed by atoms with Gasteiger partial charge in [-0.15, -0.1) is 0 Å². The molecular weight excluding hydrogens is 180 g/mol. The number of hydrogen-bond acceptors (Lipinski definition) is 3. The van der Waals surface area contributed by atoms with Crippen LogP contribution in [0, 0.1) is 5.92 Å². The molecule has 0 bridgehead atoms. The van der Waals surface area contributed by atoms with Crippen LogP contribution in [0.4, 0.5) is 4.79 Å². The average molecular weight is 198 g/mol. The molecule has 2 atom stereocenters. The van der Waals surface area contributed by atoms with E-state index in [1.165, 1.54) is 19.5 Å². The summed E-state index contributed by atoms with van der Waals surface area (Å²) in [5, 5.41) is 2.83. The first kappa shape index (κ1) is 9.77. The average Bonchev–Trinajstić information content (AvgIpc) is 2.76. The Labute approximate surface area is 84.6 Å². The third-order valence-corrected chi connectivity index (χ3v) is 3.17. The Bertz CT molecular complexity index is 220. The van der Waals surface area contributed by atoms with E-state index < -0.39 is 0 Å². The maximum Gasteiger partial charge on any atom is 0.407 e. The number of carbonyl (C=O) groups is 1. The summed E-state index contributed by atoms with van der Waals surface area (Å²) < 4.78 is 4.87. The molecule has 0 spiro atoms. The van der Waals surface area contributed by atoms with Crippen molar-refractivity contribution < 1.29 is 9.53 Å². The number of ether oxygens (including phenoxy) is 1. The highest BCUT2D eigenvalue weighted by molar-refractivity contribution is 5.69. The summed E-state index contributed by atoms with van der Waals surface area (Å²) in [5.74, 6) is 0.738. The van der Waals surface area contributed by atoms with E-state index in [0.29, 0.717) is 6.61 Å². The molecule has 4 heteroatoms. The third kappa shape index (κ3) is 2.18. The maximum absolute atomic E-state index is 10.8. The normalized spacial score (nSPS) is 33.1. The highest BCUT2D eigenvalue weighted by Gasteiger charge is 2.28. The third-order valence-electron chi connectivity index (χ3n) is 3.17. The Balaban J connectivity index is 1.73. The zero-order valence-corrected chi connectivity index (χ0v) is 8.66. The van der Waals surface area contributed by atoms with Crippen molar-refractivity contribution in [3.8, 4) is 0 Å². The van der Waals surface area contributed by atoms with Gasteiger partial charge in [0.1, 0.15) is 6.61 Å². The number of nitrogens with zero attached hydrogens (tertiary/aromatic N) is 1. The summed E-state index contributed by atoms with van der Waals surface area (Å²) >= 11 is 0. The fourth-order valence-electron chi connectivity index (χ4n) is 2.35. The van der Waals surface area contributed by atoms with Crippen molar-refractivity contribution in [3.05, 3.63) is 0 Å². The number of hydrogen-bond donors (Lipinski definition) is 1. The van der Waals surface area contributed by atoms with Gasteiger partial charge in [-0.1, -0.05) is 6.92 Å². The van der Waals surface area contributed by atoms with Crippen molar-refractivity contribution in [2.75, 3.05) is 26.2 Å². The van der Waals surface area contributed by atoms with Gasteiger partial charge in [-0.2, -0.15) is 0 Å². The molecule has 2 aliphatic heterocycles. The number of alkyl carbamates (subject to hydrolysis) is 1. The van der Waals surface area contributed by atoms with Gasteiger partial charge in [0, 0.05) is 6.54 Å². The van der Waals surface area contributed by atoms with Crippen LogP contribution in [-0.2, 0) is 4.74 Å². The maximum atomic E-state index is 10.8. The minimum absolute atomic E-state index is 0.250. The second kappa shape index (κ2) is 4.17. The van der Waals surface area contributed by atoms with Crippen LogP contribution < -0.4 is 5.32 Å². The van der Waals surface area contributed by atoms with E-state index in [0.717, 1.165) is 18.9 Å². The lowest BCUT2D eigenvalue weighted by atomic mass is 10.00. The first-order valence-corrected chi connectivity index (χ1v) is 5.43. The van der Waals surface area contributed by atoms with Crippen LogP contribution in [0.5, 0.6) is 0 Å². The lowest BCUT2D eigenvalue weighted by Gasteiger charge is -2.15. The van der Waals surface area contributed by atoms with Crippen LogP contribution in [0.25, 0.3) is 0 Å². The quantitative estimate of drug-likeness (QED) is 0.730. The largest absolute Gasteiger partial charge is 0.447 e. The topological polar surface area (TPSA) is 41.6 Å². The van der Waals surface area contributed by atoms with Gasteiger partial charge in [0.25, 0.3) is 0 Å². The van der Waals surface area contributed by atoms with Crippen LogP contribution in [-0.4, -0.2) is 43.3 Å². The predicted molar refractivity (Wildman–Crippen MR) is 53.1 cm³/mol. The molecule has 14 heavy (non-hydrogen) atoms. The van der Waals surface area contributed by atoms with Gasteiger partial charge in [-0.25, -0.2) is 4.79 Å². The Kier molecular flexibility index (Phi) is 2.91. The monoisotopic (exact) mass is 198 g/mol. The number of likely N-dealkylation sites (tertiary alicyclic amines) is 1. The molecule has 4 nitrogen and oxygen atoms in total. The van der Waals surface area contributed by atoms with Gasteiger partial charge in [0.05, 0.1) is 6.04 Å². The fourth-order valence-corrected chi connectivity index (χ4v) is 2.35. The summed E-state index contributed by atoms with van der Waals surface area (Å²) in [7, 11) is 0. The SMILES string of the molecule is CCN1CCC(CC2COC(=O)N2)C1. The molecule has 1 N–H and O–H groups in total. The molecule has 2 unspecified atom stereocenters. The van der Waals surface area contributed by atoms with Gasteiger partial charge in [-0.05, 0) is 31.8 Å². The fraction of sp³-hybridized carbons (Fsp3) is 0.900.